The average molecular weight is 294 g/mol. The van der Waals surface area contributed by atoms with Crippen LogP contribution in [0.4, 0.5) is 4.79 Å². The maximum atomic E-state index is 11.5. The van der Waals surface area contributed by atoms with Crippen molar-refractivity contribution in [3.05, 3.63) is 35.4 Å². The fourth-order valence-corrected chi connectivity index (χ4v) is 1.82. The Hall–Kier alpha value is -2.08. The molecular weight excluding hydrogens is 272 g/mol. The van der Waals surface area contributed by atoms with Gasteiger partial charge in [-0.15, -0.1) is 0 Å². The van der Waals surface area contributed by atoms with Crippen molar-refractivity contribution in [1.82, 2.24) is 10.6 Å². The zero-order valence-electron chi connectivity index (χ0n) is 12.2. The Morgan fingerprint density at radius 2 is 1.95 bits per heavy atom. The molecular formula is C15H22N2O4. The van der Waals surface area contributed by atoms with Crippen LogP contribution in [-0.4, -0.2) is 43.9 Å². The van der Waals surface area contributed by atoms with Crippen LogP contribution in [0.3, 0.4) is 0 Å². The molecule has 0 fully saturated rings. The van der Waals surface area contributed by atoms with Gasteiger partial charge in [0.25, 0.3) is 0 Å². The minimum atomic E-state index is -0.946. The van der Waals surface area contributed by atoms with Gasteiger partial charge in [0.05, 0.1) is 5.56 Å². The number of carboxylic acid groups (broad SMARTS) is 1. The van der Waals surface area contributed by atoms with E-state index in [4.69, 9.17) is 9.84 Å². The second-order valence-corrected chi connectivity index (χ2v) is 4.64. The van der Waals surface area contributed by atoms with Gasteiger partial charge in [0.15, 0.2) is 0 Å². The maximum absolute atomic E-state index is 11.5. The molecule has 0 heterocycles. The molecule has 0 saturated carbocycles. The van der Waals surface area contributed by atoms with Crippen molar-refractivity contribution in [1.29, 1.82) is 0 Å². The molecule has 6 nitrogen and oxygen atoms in total. The average Bonchev–Trinajstić information content (AvgIpc) is 2.47. The predicted octanol–water partition coefficient (Wildman–Crippen LogP) is 1.65. The van der Waals surface area contributed by atoms with E-state index in [0.717, 1.165) is 18.4 Å². The number of hydrogen-bond acceptors (Lipinski definition) is 3. The molecule has 0 bridgehead atoms. The van der Waals surface area contributed by atoms with Crippen LogP contribution >= 0.6 is 0 Å². The SMILES string of the molecule is COCCCCNC(=O)NCCc1cccc(C(=O)O)c1. The number of benzene rings is 1. The Morgan fingerprint density at radius 3 is 2.67 bits per heavy atom. The molecule has 0 atom stereocenters. The monoisotopic (exact) mass is 294 g/mol. The summed E-state index contributed by atoms with van der Waals surface area (Å²) in [6.45, 7) is 1.78. The predicted molar refractivity (Wildman–Crippen MR) is 79.6 cm³/mol. The van der Waals surface area contributed by atoms with Gasteiger partial charge in [0, 0.05) is 26.8 Å². The maximum Gasteiger partial charge on any atom is 0.335 e. The first kappa shape index (κ1) is 17.0. The minimum absolute atomic E-state index is 0.207. The lowest BCUT2D eigenvalue weighted by Crippen LogP contribution is -2.37. The highest BCUT2D eigenvalue weighted by Gasteiger charge is 2.04. The smallest absolute Gasteiger partial charge is 0.335 e. The van der Waals surface area contributed by atoms with Crippen molar-refractivity contribution in [3.63, 3.8) is 0 Å². The number of hydrogen-bond donors (Lipinski definition) is 3. The van der Waals surface area contributed by atoms with Crippen molar-refractivity contribution in [2.45, 2.75) is 19.3 Å². The third-order valence-corrected chi connectivity index (χ3v) is 2.93. The molecule has 1 rings (SSSR count). The first-order valence-electron chi connectivity index (χ1n) is 6.96. The lowest BCUT2D eigenvalue weighted by atomic mass is 10.1. The molecule has 0 aliphatic carbocycles. The number of carboxylic acids is 1. The van der Waals surface area contributed by atoms with Crippen molar-refractivity contribution >= 4 is 12.0 Å². The van der Waals surface area contributed by atoms with Crippen LogP contribution in [0.5, 0.6) is 0 Å². The number of ether oxygens (including phenoxy) is 1. The molecule has 0 saturated heterocycles. The Balaban J connectivity index is 2.19. The zero-order valence-corrected chi connectivity index (χ0v) is 12.2. The third-order valence-electron chi connectivity index (χ3n) is 2.93. The number of unbranched alkanes of at least 4 members (excludes halogenated alkanes) is 1. The van der Waals surface area contributed by atoms with Crippen molar-refractivity contribution in [3.8, 4) is 0 Å². The third kappa shape index (κ3) is 7.31. The van der Waals surface area contributed by atoms with E-state index in [1.54, 1.807) is 25.3 Å². The zero-order chi connectivity index (χ0) is 15.5. The quantitative estimate of drug-likeness (QED) is 0.604. The van der Waals surface area contributed by atoms with Gasteiger partial charge in [-0.2, -0.15) is 0 Å². The van der Waals surface area contributed by atoms with Gasteiger partial charge in [0.2, 0.25) is 0 Å². The Labute approximate surface area is 124 Å². The number of carbonyl (C=O) groups excluding carboxylic acids is 1. The molecule has 0 spiro atoms. The summed E-state index contributed by atoms with van der Waals surface area (Å²) < 4.78 is 4.92. The largest absolute Gasteiger partial charge is 0.478 e. The highest BCUT2D eigenvalue weighted by molar-refractivity contribution is 5.87. The molecule has 1 aromatic rings. The summed E-state index contributed by atoms with van der Waals surface area (Å²) in [5.74, 6) is -0.946. The van der Waals surface area contributed by atoms with E-state index in [-0.39, 0.29) is 11.6 Å². The summed E-state index contributed by atoms with van der Waals surface area (Å²) in [4.78, 5) is 22.3. The summed E-state index contributed by atoms with van der Waals surface area (Å²) in [5.41, 5.74) is 1.14. The summed E-state index contributed by atoms with van der Waals surface area (Å²) >= 11 is 0. The molecule has 0 radical (unpaired) electrons. The normalized spacial score (nSPS) is 10.1. The molecule has 21 heavy (non-hydrogen) atoms. The second kappa shape index (κ2) is 9.77. The van der Waals surface area contributed by atoms with Crippen LogP contribution < -0.4 is 10.6 Å². The molecule has 1 aromatic carbocycles. The number of urea groups is 1. The second-order valence-electron chi connectivity index (χ2n) is 4.64. The van der Waals surface area contributed by atoms with E-state index in [1.807, 2.05) is 6.07 Å². The summed E-state index contributed by atoms with van der Waals surface area (Å²) in [6, 6.07) is 6.51. The van der Waals surface area contributed by atoms with Crippen molar-refractivity contribution in [2.24, 2.45) is 0 Å². The topological polar surface area (TPSA) is 87.7 Å². The van der Waals surface area contributed by atoms with E-state index < -0.39 is 5.97 Å². The van der Waals surface area contributed by atoms with Crippen LogP contribution in [0.15, 0.2) is 24.3 Å². The van der Waals surface area contributed by atoms with Crippen LogP contribution in [0.2, 0.25) is 0 Å². The van der Waals surface area contributed by atoms with Gasteiger partial charge in [0.1, 0.15) is 0 Å². The first-order chi connectivity index (χ1) is 10.1. The number of nitrogens with one attached hydrogen (secondary N) is 2. The van der Waals surface area contributed by atoms with Gasteiger partial charge < -0.3 is 20.5 Å². The molecule has 116 valence electrons. The van der Waals surface area contributed by atoms with E-state index >= 15 is 0 Å². The number of rotatable bonds is 9. The van der Waals surface area contributed by atoms with Gasteiger partial charge in [-0.25, -0.2) is 9.59 Å². The van der Waals surface area contributed by atoms with E-state index in [1.165, 1.54) is 0 Å². The van der Waals surface area contributed by atoms with Crippen molar-refractivity contribution in [2.75, 3.05) is 26.8 Å². The van der Waals surface area contributed by atoms with Crippen LogP contribution in [-0.2, 0) is 11.2 Å². The fraction of sp³-hybridized carbons (Fsp3) is 0.467. The van der Waals surface area contributed by atoms with Crippen LogP contribution in [0.25, 0.3) is 0 Å². The van der Waals surface area contributed by atoms with Gasteiger partial charge in [-0.05, 0) is 37.0 Å². The number of aromatic carboxylic acids is 1. The lowest BCUT2D eigenvalue weighted by Gasteiger charge is -2.08. The molecule has 2 amide bonds. The van der Waals surface area contributed by atoms with Crippen LogP contribution in [0, 0.1) is 0 Å². The standard InChI is InChI=1S/C15H22N2O4/c1-21-10-3-2-8-16-15(20)17-9-7-12-5-4-6-13(11-12)14(18)19/h4-6,11H,2-3,7-10H2,1H3,(H,18,19)(H2,16,17,20). The minimum Gasteiger partial charge on any atom is -0.478 e. The fourth-order valence-electron chi connectivity index (χ4n) is 1.82. The lowest BCUT2D eigenvalue weighted by molar-refractivity contribution is 0.0696. The molecule has 0 aliphatic rings. The highest BCUT2D eigenvalue weighted by Crippen LogP contribution is 2.05. The molecule has 0 aromatic heterocycles. The molecule has 3 N–H and O–H groups in total. The van der Waals surface area contributed by atoms with Crippen molar-refractivity contribution < 1.29 is 19.4 Å². The van der Waals surface area contributed by atoms with Gasteiger partial charge in [-0.3, -0.25) is 0 Å². The Kier molecular flexibility index (Phi) is 7.89. The van der Waals surface area contributed by atoms with E-state index in [0.29, 0.717) is 26.1 Å². The number of methoxy groups -OCH3 is 1. The summed E-state index contributed by atoms with van der Waals surface area (Å²) in [6.07, 6.45) is 2.39. The number of carbonyl (C=O) groups is 2. The number of amides is 2. The van der Waals surface area contributed by atoms with E-state index in [2.05, 4.69) is 10.6 Å². The van der Waals surface area contributed by atoms with Gasteiger partial charge >= 0.3 is 12.0 Å². The van der Waals surface area contributed by atoms with Crippen LogP contribution in [0.1, 0.15) is 28.8 Å². The first-order valence-corrected chi connectivity index (χ1v) is 6.96. The summed E-state index contributed by atoms with van der Waals surface area (Å²) in [5, 5.41) is 14.4. The Morgan fingerprint density at radius 1 is 1.19 bits per heavy atom. The van der Waals surface area contributed by atoms with Gasteiger partial charge in [-0.1, -0.05) is 12.1 Å². The highest BCUT2D eigenvalue weighted by atomic mass is 16.5. The van der Waals surface area contributed by atoms with E-state index in [9.17, 15) is 9.59 Å². The molecule has 0 unspecified atom stereocenters. The summed E-state index contributed by atoms with van der Waals surface area (Å²) in [7, 11) is 1.65. The Bertz CT molecular complexity index is 463. The molecule has 6 heteroatoms. The molecule has 0 aliphatic heterocycles.